The zero-order valence-electron chi connectivity index (χ0n) is 13.0. The van der Waals surface area contributed by atoms with Gasteiger partial charge in [-0.2, -0.15) is 0 Å². The summed E-state index contributed by atoms with van der Waals surface area (Å²) in [5.74, 6) is 5.54. The van der Waals surface area contributed by atoms with E-state index in [4.69, 9.17) is 9.47 Å². The van der Waals surface area contributed by atoms with Gasteiger partial charge in [0.2, 0.25) is 0 Å². The molecule has 0 bridgehead atoms. The maximum Gasteiger partial charge on any atom is 0.384 e. The smallest absolute Gasteiger partial charge is 0.384 e. The van der Waals surface area contributed by atoms with Crippen molar-refractivity contribution in [2.75, 3.05) is 6.61 Å². The van der Waals surface area contributed by atoms with Crippen LogP contribution in [0.2, 0.25) is 0 Å². The standard InChI is InChI=1S/C20H18O3/c1-2-22-20(21)11-10-15-6-5-9-18(12-15)23-19-13-16-7-3-4-8-17(16)14-19/h3-9,12,19H,2,13-14H2,1H3. The first-order valence-electron chi connectivity index (χ1n) is 7.77. The zero-order valence-corrected chi connectivity index (χ0v) is 13.0. The lowest BCUT2D eigenvalue weighted by atomic mass is 10.1. The summed E-state index contributed by atoms with van der Waals surface area (Å²) in [6.07, 6.45) is 2.00. The fraction of sp³-hybridized carbons (Fsp3) is 0.250. The molecule has 2 aromatic rings. The predicted octanol–water partition coefficient (Wildman–Crippen LogP) is 3.15. The minimum absolute atomic E-state index is 0.153. The summed E-state index contributed by atoms with van der Waals surface area (Å²) in [6, 6.07) is 15.9. The Morgan fingerprint density at radius 3 is 2.57 bits per heavy atom. The van der Waals surface area contributed by atoms with E-state index >= 15 is 0 Å². The summed E-state index contributed by atoms with van der Waals surface area (Å²) in [4.78, 5) is 11.3. The highest BCUT2D eigenvalue weighted by Crippen LogP contribution is 2.25. The third kappa shape index (κ3) is 3.92. The first-order chi connectivity index (χ1) is 11.2. The van der Waals surface area contributed by atoms with Crippen molar-refractivity contribution in [1.82, 2.24) is 0 Å². The van der Waals surface area contributed by atoms with Crippen LogP contribution in [-0.4, -0.2) is 18.7 Å². The Morgan fingerprint density at radius 2 is 1.87 bits per heavy atom. The van der Waals surface area contributed by atoms with Gasteiger partial charge < -0.3 is 9.47 Å². The van der Waals surface area contributed by atoms with Crippen molar-refractivity contribution in [3.8, 4) is 17.6 Å². The molecule has 0 atom stereocenters. The summed E-state index contributed by atoms with van der Waals surface area (Å²) >= 11 is 0. The maximum atomic E-state index is 11.3. The highest BCUT2D eigenvalue weighted by Gasteiger charge is 2.22. The Morgan fingerprint density at radius 1 is 1.13 bits per heavy atom. The van der Waals surface area contributed by atoms with Crippen molar-refractivity contribution < 1.29 is 14.3 Å². The minimum Gasteiger partial charge on any atom is -0.490 e. The lowest BCUT2D eigenvalue weighted by molar-refractivity contribution is -0.136. The summed E-state index contributed by atoms with van der Waals surface area (Å²) in [7, 11) is 0. The highest BCUT2D eigenvalue weighted by molar-refractivity contribution is 5.89. The zero-order chi connectivity index (χ0) is 16.1. The largest absolute Gasteiger partial charge is 0.490 e. The second-order valence-corrected chi connectivity index (χ2v) is 5.42. The number of rotatable bonds is 3. The van der Waals surface area contributed by atoms with Gasteiger partial charge in [-0.25, -0.2) is 4.79 Å². The average molecular weight is 306 g/mol. The van der Waals surface area contributed by atoms with Crippen LogP contribution < -0.4 is 4.74 Å². The van der Waals surface area contributed by atoms with Gasteiger partial charge in [-0.1, -0.05) is 36.3 Å². The van der Waals surface area contributed by atoms with E-state index in [0.29, 0.717) is 6.61 Å². The number of ether oxygens (including phenoxy) is 2. The van der Waals surface area contributed by atoms with Crippen LogP contribution in [0, 0.1) is 11.8 Å². The van der Waals surface area contributed by atoms with Crippen molar-refractivity contribution in [2.45, 2.75) is 25.9 Å². The number of hydrogen-bond donors (Lipinski definition) is 0. The molecule has 0 spiro atoms. The van der Waals surface area contributed by atoms with E-state index in [0.717, 1.165) is 24.2 Å². The minimum atomic E-state index is -0.509. The molecule has 1 aliphatic carbocycles. The number of fused-ring (bicyclic) bond motifs is 1. The molecule has 0 amide bonds. The molecule has 0 aromatic heterocycles. The second-order valence-electron chi connectivity index (χ2n) is 5.42. The van der Waals surface area contributed by atoms with Crippen molar-refractivity contribution in [3.63, 3.8) is 0 Å². The second kappa shape index (κ2) is 7.02. The van der Waals surface area contributed by atoms with Crippen LogP contribution in [0.4, 0.5) is 0 Å². The molecule has 116 valence electrons. The van der Waals surface area contributed by atoms with E-state index in [-0.39, 0.29) is 6.10 Å². The van der Waals surface area contributed by atoms with Crippen LogP contribution in [0.15, 0.2) is 48.5 Å². The van der Waals surface area contributed by atoms with Crippen LogP contribution in [-0.2, 0) is 22.4 Å². The molecular formula is C20H18O3. The Labute approximate surface area is 136 Å². The molecule has 1 aliphatic rings. The number of carbonyl (C=O) groups excluding carboxylic acids is 1. The third-order valence-electron chi connectivity index (χ3n) is 3.73. The van der Waals surface area contributed by atoms with Gasteiger partial charge >= 0.3 is 5.97 Å². The average Bonchev–Trinajstić information content (AvgIpc) is 2.96. The van der Waals surface area contributed by atoms with Crippen LogP contribution in [0.25, 0.3) is 0 Å². The van der Waals surface area contributed by atoms with E-state index < -0.39 is 5.97 Å². The van der Waals surface area contributed by atoms with Gasteiger partial charge in [0, 0.05) is 24.3 Å². The Bertz CT molecular complexity index is 743. The Hall–Kier alpha value is -2.73. The fourth-order valence-corrected chi connectivity index (χ4v) is 2.73. The van der Waals surface area contributed by atoms with E-state index in [9.17, 15) is 4.79 Å². The predicted molar refractivity (Wildman–Crippen MR) is 88.2 cm³/mol. The van der Waals surface area contributed by atoms with Gasteiger partial charge in [-0.05, 0) is 36.2 Å². The van der Waals surface area contributed by atoms with Gasteiger partial charge in [-0.15, -0.1) is 0 Å². The van der Waals surface area contributed by atoms with Crippen LogP contribution in [0.5, 0.6) is 5.75 Å². The molecule has 0 saturated carbocycles. The lowest BCUT2D eigenvalue weighted by Gasteiger charge is -2.13. The SMILES string of the molecule is CCOC(=O)C#Cc1cccc(OC2Cc3ccccc3C2)c1. The van der Waals surface area contributed by atoms with Gasteiger partial charge in [0.25, 0.3) is 0 Å². The molecule has 3 nitrogen and oxygen atoms in total. The molecule has 2 aromatic carbocycles. The first kappa shape index (κ1) is 15.2. The molecule has 3 heteroatoms. The van der Waals surface area contributed by atoms with Gasteiger partial charge in [0.15, 0.2) is 0 Å². The Kier molecular flexibility index (Phi) is 4.63. The summed E-state index contributed by atoms with van der Waals surface area (Å²) in [5.41, 5.74) is 3.46. The molecule has 0 heterocycles. The van der Waals surface area contributed by atoms with Crippen LogP contribution >= 0.6 is 0 Å². The van der Waals surface area contributed by atoms with Gasteiger partial charge in [0.05, 0.1) is 6.61 Å². The summed E-state index contributed by atoms with van der Waals surface area (Å²) in [5, 5.41) is 0. The van der Waals surface area contributed by atoms with E-state index in [1.165, 1.54) is 11.1 Å². The molecule has 0 saturated heterocycles. The maximum absolute atomic E-state index is 11.3. The van der Waals surface area contributed by atoms with E-state index in [1.54, 1.807) is 6.92 Å². The molecule has 0 unspecified atom stereocenters. The van der Waals surface area contributed by atoms with Crippen LogP contribution in [0.1, 0.15) is 23.6 Å². The molecule has 0 aliphatic heterocycles. The van der Waals surface area contributed by atoms with Crippen molar-refractivity contribution >= 4 is 5.97 Å². The van der Waals surface area contributed by atoms with E-state index in [2.05, 4.69) is 36.1 Å². The molecule has 0 N–H and O–H groups in total. The van der Waals surface area contributed by atoms with Crippen molar-refractivity contribution in [3.05, 3.63) is 65.2 Å². The molecule has 3 rings (SSSR count). The summed E-state index contributed by atoms with van der Waals surface area (Å²) in [6.45, 7) is 2.09. The topological polar surface area (TPSA) is 35.5 Å². The van der Waals surface area contributed by atoms with Gasteiger partial charge in [-0.3, -0.25) is 0 Å². The quantitative estimate of drug-likeness (QED) is 0.645. The molecule has 0 fully saturated rings. The first-order valence-corrected chi connectivity index (χ1v) is 7.77. The number of benzene rings is 2. The fourth-order valence-electron chi connectivity index (χ4n) is 2.73. The third-order valence-corrected chi connectivity index (χ3v) is 3.73. The summed E-state index contributed by atoms with van der Waals surface area (Å²) < 4.78 is 10.9. The number of hydrogen-bond acceptors (Lipinski definition) is 3. The molecular weight excluding hydrogens is 288 g/mol. The monoisotopic (exact) mass is 306 g/mol. The van der Waals surface area contributed by atoms with Crippen molar-refractivity contribution in [1.29, 1.82) is 0 Å². The normalized spacial score (nSPS) is 12.9. The van der Waals surface area contributed by atoms with E-state index in [1.807, 2.05) is 24.3 Å². The lowest BCUT2D eigenvalue weighted by Crippen LogP contribution is -2.16. The van der Waals surface area contributed by atoms with Gasteiger partial charge in [0.1, 0.15) is 11.9 Å². The number of carbonyl (C=O) groups is 1. The molecule has 0 radical (unpaired) electrons. The van der Waals surface area contributed by atoms with Crippen molar-refractivity contribution in [2.24, 2.45) is 0 Å². The number of esters is 1. The Balaban J connectivity index is 1.66. The highest BCUT2D eigenvalue weighted by atomic mass is 16.5. The van der Waals surface area contributed by atoms with Crippen LogP contribution in [0.3, 0.4) is 0 Å². The molecule has 23 heavy (non-hydrogen) atoms.